The molecule has 1 aliphatic heterocycles. The van der Waals surface area contributed by atoms with Crippen molar-refractivity contribution in [2.24, 2.45) is 11.3 Å². The maximum atomic E-state index is 13.7. The lowest BCUT2D eigenvalue weighted by Crippen LogP contribution is -2.44. The highest BCUT2D eigenvalue weighted by atomic mass is 16.2. The van der Waals surface area contributed by atoms with Gasteiger partial charge in [-0.3, -0.25) is 4.79 Å². The number of nitrogens with zero attached hydrogens (tertiary/aromatic N) is 2. The van der Waals surface area contributed by atoms with E-state index in [9.17, 15) is 10.1 Å². The van der Waals surface area contributed by atoms with Gasteiger partial charge in [-0.2, -0.15) is 5.26 Å². The molecule has 3 heteroatoms. The Balaban J connectivity index is 2.12. The normalized spacial score (nSPS) is 25.5. The van der Waals surface area contributed by atoms with Crippen molar-refractivity contribution in [3.63, 3.8) is 0 Å². The lowest BCUT2D eigenvalue weighted by molar-refractivity contribution is -0.137. The Morgan fingerprint density at radius 1 is 1.23 bits per heavy atom. The maximum Gasteiger partial charge on any atom is 0.238 e. The van der Waals surface area contributed by atoms with Gasteiger partial charge in [0.25, 0.3) is 0 Å². The van der Waals surface area contributed by atoms with Crippen molar-refractivity contribution in [1.29, 1.82) is 5.26 Å². The number of hydrogen-bond acceptors (Lipinski definition) is 2. The van der Waals surface area contributed by atoms with E-state index in [1.165, 1.54) is 19.3 Å². The Labute approximate surface area is 157 Å². The zero-order valence-electron chi connectivity index (χ0n) is 16.3. The van der Waals surface area contributed by atoms with E-state index >= 15 is 0 Å². The molecule has 26 heavy (non-hydrogen) atoms. The zero-order chi connectivity index (χ0) is 18.7. The number of hydrogen-bond donors (Lipinski definition) is 0. The van der Waals surface area contributed by atoms with E-state index in [0.717, 1.165) is 42.5 Å². The molecule has 0 N–H and O–H groups in total. The van der Waals surface area contributed by atoms with Gasteiger partial charge >= 0.3 is 0 Å². The van der Waals surface area contributed by atoms with Crippen molar-refractivity contribution >= 4 is 11.6 Å². The van der Waals surface area contributed by atoms with Gasteiger partial charge in [0.05, 0.1) is 23.1 Å². The van der Waals surface area contributed by atoms with Gasteiger partial charge in [-0.05, 0) is 44.2 Å². The highest BCUT2D eigenvalue weighted by Crippen LogP contribution is 2.51. The molecule has 2 aliphatic rings. The lowest BCUT2D eigenvalue weighted by Gasteiger charge is -2.36. The van der Waals surface area contributed by atoms with Crippen LogP contribution < -0.4 is 0 Å². The van der Waals surface area contributed by atoms with Crippen LogP contribution in [-0.2, 0) is 4.79 Å². The fourth-order valence-electron chi connectivity index (χ4n) is 4.76. The van der Waals surface area contributed by atoms with Crippen LogP contribution in [0.15, 0.2) is 35.9 Å². The van der Waals surface area contributed by atoms with Crippen molar-refractivity contribution in [3.05, 3.63) is 41.5 Å². The predicted octanol–water partition coefficient (Wildman–Crippen LogP) is 5.54. The third kappa shape index (κ3) is 2.96. The Morgan fingerprint density at radius 2 is 1.88 bits per heavy atom. The first kappa shape index (κ1) is 18.7. The van der Waals surface area contributed by atoms with E-state index in [4.69, 9.17) is 0 Å². The van der Waals surface area contributed by atoms with Gasteiger partial charge in [0.15, 0.2) is 0 Å². The van der Waals surface area contributed by atoms with E-state index in [1.54, 1.807) is 0 Å². The SMILES string of the molecule is CCCC(C#N)C1(C)C(=O)N(C2CCCCC2)C(c2ccccc2)=C1C. The molecule has 3 nitrogen and oxygen atoms in total. The molecular formula is C23H30N2O. The van der Waals surface area contributed by atoms with Crippen LogP contribution >= 0.6 is 0 Å². The molecule has 3 rings (SSSR count). The van der Waals surface area contributed by atoms with Gasteiger partial charge in [-0.1, -0.05) is 62.9 Å². The molecule has 1 aromatic rings. The lowest BCUT2D eigenvalue weighted by atomic mass is 9.71. The van der Waals surface area contributed by atoms with Crippen molar-refractivity contribution in [1.82, 2.24) is 4.90 Å². The monoisotopic (exact) mass is 350 g/mol. The summed E-state index contributed by atoms with van der Waals surface area (Å²) in [7, 11) is 0. The summed E-state index contributed by atoms with van der Waals surface area (Å²) < 4.78 is 0. The first-order chi connectivity index (χ1) is 12.6. The van der Waals surface area contributed by atoms with E-state index in [0.29, 0.717) is 0 Å². The van der Waals surface area contributed by atoms with Gasteiger partial charge in [0, 0.05) is 6.04 Å². The molecule has 2 atom stereocenters. The molecule has 138 valence electrons. The molecular weight excluding hydrogens is 320 g/mol. The second kappa shape index (κ2) is 7.66. The molecule has 1 saturated carbocycles. The zero-order valence-corrected chi connectivity index (χ0v) is 16.3. The van der Waals surface area contributed by atoms with Crippen LogP contribution in [0.2, 0.25) is 0 Å². The molecule has 2 unspecified atom stereocenters. The van der Waals surface area contributed by atoms with Crippen LogP contribution in [0.1, 0.15) is 71.3 Å². The summed E-state index contributed by atoms with van der Waals surface area (Å²) in [5.41, 5.74) is 2.51. The molecule has 1 fully saturated rings. The minimum atomic E-state index is -0.715. The Hall–Kier alpha value is -2.08. The summed E-state index contributed by atoms with van der Waals surface area (Å²) in [4.78, 5) is 15.8. The van der Waals surface area contributed by atoms with Crippen LogP contribution in [0.25, 0.3) is 5.70 Å². The maximum absolute atomic E-state index is 13.7. The average Bonchev–Trinajstić information content (AvgIpc) is 2.89. The van der Waals surface area contributed by atoms with Crippen LogP contribution in [0.3, 0.4) is 0 Å². The Bertz CT molecular complexity index is 724. The topological polar surface area (TPSA) is 44.1 Å². The quantitative estimate of drug-likeness (QED) is 0.700. The molecule has 1 aromatic carbocycles. The van der Waals surface area contributed by atoms with Crippen LogP contribution in [0, 0.1) is 22.7 Å². The number of carbonyl (C=O) groups is 1. The number of amides is 1. The minimum Gasteiger partial charge on any atom is -0.308 e. The summed E-state index contributed by atoms with van der Waals surface area (Å²) >= 11 is 0. The average molecular weight is 351 g/mol. The molecule has 1 aliphatic carbocycles. The molecule has 0 bridgehead atoms. The standard InChI is InChI=1S/C23H30N2O/c1-4-11-19(16-24)23(3)17(2)21(18-12-7-5-8-13-18)25(22(23)26)20-14-9-6-10-15-20/h5,7-8,12-13,19-20H,4,6,9-11,14-15H2,1-3H3. The van der Waals surface area contributed by atoms with Gasteiger partial charge in [-0.25, -0.2) is 0 Å². The largest absolute Gasteiger partial charge is 0.308 e. The molecule has 1 amide bonds. The summed E-state index contributed by atoms with van der Waals surface area (Å²) in [6.45, 7) is 6.16. The van der Waals surface area contributed by atoms with Crippen LogP contribution in [0.5, 0.6) is 0 Å². The van der Waals surface area contributed by atoms with E-state index in [1.807, 2.05) is 25.1 Å². The van der Waals surface area contributed by atoms with Crippen LogP contribution in [0.4, 0.5) is 0 Å². The van der Waals surface area contributed by atoms with Gasteiger partial charge in [0.2, 0.25) is 5.91 Å². The summed E-state index contributed by atoms with van der Waals surface area (Å²) in [5, 5.41) is 9.83. The van der Waals surface area contributed by atoms with Gasteiger partial charge in [0.1, 0.15) is 0 Å². The summed E-state index contributed by atoms with van der Waals surface area (Å²) in [6, 6.07) is 13.0. The van der Waals surface area contributed by atoms with Crippen molar-refractivity contribution < 1.29 is 4.79 Å². The van der Waals surface area contributed by atoms with Crippen molar-refractivity contribution in [2.45, 2.75) is 71.8 Å². The van der Waals surface area contributed by atoms with Crippen molar-refractivity contribution in [2.75, 3.05) is 0 Å². The highest BCUT2D eigenvalue weighted by molar-refractivity contribution is 6.01. The third-order valence-electron chi connectivity index (χ3n) is 6.46. The first-order valence-electron chi connectivity index (χ1n) is 10.1. The van der Waals surface area contributed by atoms with Crippen molar-refractivity contribution in [3.8, 4) is 6.07 Å². The predicted molar refractivity (Wildman–Crippen MR) is 105 cm³/mol. The second-order valence-electron chi connectivity index (χ2n) is 7.98. The fourth-order valence-corrected chi connectivity index (χ4v) is 4.76. The minimum absolute atomic E-state index is 0.140. The molecule has 0 spiro atoms. The van der Waals surface area contributed by atoms with E-state index in [-0.39, 0.29) is 17.9 Å². The third-order valence-corrected chi connectivity index (χ3v) is 6.46. The second-order valence-corrected chi connectivity index (χ2v) is 7.98. The van der Waals surface area contributed by atoms with E-state index < -0.39 is 5.41 Å². The van der Waals surface area contributed by atoms with Gasteiger partial charge in [-0.15, -0.1) is 0 Å². The molecule has 0 radical (unpaired) electrons. The number of rotatable bonds is 5. The van der Waals surface area contributed by atoms with Gasteiger partial charge < -0.3 is 4.90 Å². The summed E-state index contributed by atoms with van der Waals surface area (Å²) in [5.74, 6) is -0.131. The Morgan fingerprint density at radius 3 is 2.46 bits per heavy atom. The molecule has 1 heterocycles. The first-order valence-corrected chi connectivity index (χ1v) is 10.1. The number of benzene rings is 1. The van der Waals surface area contributed by atoms with Crippen LogP contribution in [-0.4, -0.2) is 16.8 Å². The summed E-state index contributed by atoms with van der Waals surface area (Å²) in [6.07, 6.45) is 7.43. The van der Waals surface area contributed by atoms with E-state index in [2.05, 4.69) is 36.9 Å². The molecule has 0 aromatic heterocycles. The Kier molecular flexibility index (Phi) is 5.51. The molecule has 0 saturated heterocycles. The number of nitriles is 1. The fraction of sp³-hybridized carbons (Fsp3) is 0.565. The number of carbonyl (C=O) groups excluding carboxylic acids is 1. The highest BCUT2D eigenvalue weighted by Gasteiger charge is 2.53. The smallest absolute Gasteiger partial charge is 0.238 e.